The van der Waals surface area contributed by atoms with E-state index in [2.05, 4.69) is 5.32 Å². The normalized spacial score (nSPS) is 15.6. The molecule has 1 N–H and O–H groups in total. The van der Waals surface area contributed by atoms with Gasteiger partial charge in [0.1, 0.15) is 19.0 Å². The van der Waals surface area contributed by atoms with Gasteiger partial charge in [-0.25, -0.2) is 9.18 Å². The van der Waals surface area contributed by atoms with E-state index >= 15 is 0 Å². The maximum atomic E-state index is 13.1. The summed E-state index contributed by atoms with van der Waals surface area (Å²) in [6, 6.07) is 11.7. The third-order valence-electron chi connectivity index (χ3n) is 4.31. The molecular weight excluding hydrogens is 323 g/mol. The fraction of sp³-hybridized carbons (Fsp3) is 0.316. The van der Waals surface area contributed by atoms with Crippen LogP contribution in [-0.4, -0.2) is 30.2 Å². The summed E-state index contributed by atoms with van der Waals surface area (Å²) in [4.78, 5) is 14.5. The first-order chi connectivity index (χ1) is 12.2. The largest absolute Gasteiger partial charge is 0.486 e. The van der Waals surface area contributed by atoms with Gasteiger partial charge >= 0.3 is 6.03 Å². The standard InChI is InChI=1S/C19H19FN2O3/c20-14-3-1-13(2-4-14)12-22(16-6-7-16)19(23)21-15-5-8-17-18(11-15)25-10-9-24-17/h1-5,8,11,16H,6-7,9-10,12H2,(H,21,23). The Balaban J connectivity index is 1.46. The summed E-state index contributed by atoms with van der Waals surface area (Å²) in [5, 5.41) is 2.92. The highest BCUT2D eigenvalue weighted by Gasteiger charge is 2.32. The van der Waals surface area contributed by atoms with Gasteiger partial charge in [-0.15, -0.1) is 0 Å². The van der Waals surface area contributed by atoms with Crippen LogP contribution in [0, 0.1) is 5.82 Å². The van der Waals surface area contributed by atoms with Gasteiger partial charge in [0.15, 0.2) is 11.5 Å². The first-order valence-electron chi connectivity index (χ1n) is 8.41. The average Bonchev–Trinajstić information content (AvgIpc) is 3.46. The molecule has 0 aromatic heterocycles. The smallest absolute Gasteiger partial charge is 0.322 e. The summed E-state index contributed by atoms with van der Waals surface area (Å²) in [6.07, 6.45) is 1.99. The third-order valence-corrected chi connectivity index (χ3v) is 4.31. The first-order valence-corrected chi connectivity index (χ1v) is 8.41. The Kier molecular flexibility index (Phi) is 4.17. The van der Waals surface area contributed by atoms with Crippen LogP contribution < -0.4 is 14.8 Å². The van der Waals surface area contributed by atoms with Crippen LogP contribution >= 0.6 is 0 Å². The molecule has 1 aliphatic carbocycles. The molecule has 6 heteroatoms. The predicted molar refractivity (Wildman–Crippen MR) is 91.4 cm³/mol. The zero-order valence-corrected chi connectivity index (χ0v) is 13.7. The molecule has 1 heterocycles. The lowest BCUT2D eigenvalue weighted by molar-refractivity contribution is 0.171. The number of benzene rings is 2. The Labute approximate surface area is 145 Å². The van der Waals surface area contributed by atoms with E-state index in [0.29, 0.717) is 36.9 Å². The minimum Gasteiger partial charge on any atom is -0.486 e. The molecule has 25 heavy (non-hydrogen) atoms. The number of carbonyl (C=O) groups excluding carboxylic acids is 1. The van der Waals surface area contributed by atoms with E-state index in [1.807, 2.05) is 0 Å². The number of rotatable bonds is 4. The molecule has 0 saturated heterocycles. The van der Waals surface area contributed by atoms with Crippen LogP contribution in [0.15, 0.2) is 42.5 Å². The molecule has 0 radical (unpaired) electrons. The van der Waals surface area contributed by atoms with Gasteiger partial charge in [0, 0.05) is 24.3 Å². The lowest BCUT2D eigenvalue weighted by atomic mass is 10.2. The van der Waals surface area contributed by atoms with E-state index in [0.717, 1.165) is 18.4 Å². The van der Waals surface area contributed by atoms with Crippen LogP contribution in [0.4, 0.5) is 14.9 Å². The fourth-order valence-electron chi connectivity index (χ4n) is 2.86. The molecule has 0 bridgehead atoms. The van der Waals surface area contributed by atoms with Crippen molar-refractivity contribution in [3.63, 3.8) is 0 Å². The molecule has 0 spiro atoms. The van der Waals surface area contributed by atoms with Crippen molar-refractivity contribution in [1.29, 1.82) is 0 Å². The van der Waals surface area contributed by atoms with Gasteiger partial charge in [0.2, 0.25) is 0 Å². The second-order valence-corrected chi connectivity index (χ2v) is 6.27. The fourth-order valence-corrected chi connectivity index (χ4v) is 2.86. The van der Waals surface area contributed by atoms with Crippen molar-refractivity contribution in [2.24, 2.45) is 0 Å². The van der Waals surface area contributed by atoms with Crippen molar-refractivity contribution in [1.82, 2.24) is 4.90 Å². The van der Waals surface area contributed by atoms with E-state index in [-0.39, 0.29) is 17.9 Å². The number of amides is 2. The number of ether oxygens (including phenoxy) is 2. The molecule has 0 unspecified atom stereocenters. The molecule has 1 fully saturated rings. The minimum atomic E-state index is -0.276. The molecular formula is C19H19FN2O3. The van der Waals surface area contributed by atoms with E-state index < -0.39 is 0 Å². The SMILES string of the molecule is O=C(Nc1ccc2c(c1)OCCO2)N(Cc1ccc(F)cc1)C1CC1. The predicted octanol–water partition coefficient (Wildman–Crippen LogP) is 3.79. The monoisotopic (exact) mass is 342 g/mol. The topological polar surface area (TPSA) is 50.8 Å². The number of anilines is 1. The molecule has 0 atom stereocenters. The maximum Gasteiger partial charge on any atom is 0.322 e. The van der Waals surface area contributed by atoms with Crippen molar-refractivity contribution in [3.05, 3.63) is 53.8 Å². The number of hydrogen-bond donors (Lipinski definition) is 1. The van der Waals surface area contributed by atoms with Crippen molar-refractivity contribution >= 4 is 11.7 Å². The Morgan fingerprint density at radius 2 is 1.80 bits per heavy atom. The molecule has 4 rings (SSSR count). The lowest BCUT2D eigenvalue weighted by Crippen LogP contribution is -2.36. The maximum absolute atomic E-state index is 13.1. The van der Waals surface area contributed by atoms with Crippen LogP contribution in [0.3, 0.4) is 0 Å². The Morgan fingerprint density at radius 1 is 1.08 bits per heavy atom. The zero-order chi connectivity index (χ0) is 17.2. The zero-order valence-electron chi connectivity index (χ0n) is 13.7. The second kappa shape index (κ2) is 6.63. The van der Waals surface area contributed by atoms with Crippen LogP contribution in [0.1, 0.15) is 18.4 Å². The number of carbonyl (C=O) groups is 1. The molecule has 2 aromatic rings. The van der Waals surface area contributed by atoms with Gasteiger partial charge in [-0.05, 0) is 42.7 Å². The highest BCUT2D eigenvalue weighted by atomic mass is 19.1. The van der Waals surface area contributed by atoms with Gasteiger partial charge < -0.3 is 19.7 Å². The summed E-state index contributed by atoms with van der Waals surface area (Å²) < 4.78 is 24.1. The van der Waals surface area contributed by atoms with E-state index in [9.17, 15) is 9.18 Å². The Bertz CT molecular complexity index is 775. The highest BCUT2D eigenvalue weighted by Crippen LogP contribution is 2.33. The molecule has 5 nitrogen and oxygen atoms in total. The molecule has 2 aromatic carbocycles. The molecule has 2 aliphatic rings. The summed E-state index contributed by atoms with van der Waals surface area (Å²) in [5.74, 6) is 1.05. The quantitative estimate of drug-likeness (QED) is 0.920. The Morgan fingerprint density at radius 3 is 2.52 bits per heavy atom. The van der Waals surface area contributed by atoms with Crippen molar-refractivity contribution in [3.8, 4) is 11.5 Å². The molecule has 2 amide bonds. The number of hydrogen-bond acceptors (Lipinski definition) is 3. The molecule has 1 saturated carbocycles. The average molecular weight is 342 g/mol. The third kappa shape index (κ3) is 3.68. The van der Waals surface area contributed by atoms with Crippen LogP contribution in [-0.2, 0) is 6.54 Å². The highest BCUT2D eigenvalue weighted by molar-refractivity contribution is 5.90. The van der Waals surface area contributed by atoms with Crippen molar-refractivity contribution in [2.75, 3.05) is 18.5 Å². The van der Waals surface area contributed by atoms with Crippen LogP contribution in [0.25, 0.3) is 0 Å². The summed E-state index contributed by atoms with van der Waals surface area (Å²) in [7, 11) is 0. The number of nitrogens with zero attached hydrogens (tertiary/aromatic N) is 1. The molecule has 1 aliphatic heterocycles. The summed E-state index contributed by atoms with van der Waals surface area (Å²) in [6.45, 7) is 1.50. The number of halogens is 1. The van der Waals surface area contributed by atoms with Gasteiger partial charge in [-0.2, -0.15) is 0 Å². The Hall–Kier alpha value is -2.76. The van der Waals surface area contributed by atoms with E-state index in [4.69, 9.17) is 9.47 Å². The van der Waals surface area contributed by atoms with Gasteiger partial charge in [-0.1, -0.05) is 12.1 Å². The number of fused-ring (bicyclic) bond motifs is 1. The minimum absolute atomic E-state index is 0.163. The second-order valence-electron chi connectivity index (χ2n) is 6.27. The number of nitrogens with one attached hydrogen (secondary N) is 1. The van der Waals surface area contributed by atoms with E-state index in [1.165, 1.54) is 12.1 Å². The van der Waals surface area contributed by atoms with Crippen molar-refractivity contribution in [2.45, 2.75) is 25.4 Å². The van der Waals surface area contributed by atoms with Crippen molar-refractivity contribution < 1.29 is 18.7 Å². The summed E-state index contributed by atoms with van der Waals surface area (Å²) >= 11 is 0. The van der Waals surface area contributed by atoms with Gasteiger partial charge in [-0.3, -0.25) is 0 Å². The lowest BCUT2D eigenvalue weighted by Gasteiger charge is -2.24. The van der Waals surface area contributed by atoms with Gasteiger partial charge in [0.05, 0.1) is 0 Å². The number of urea groups is 1. The first kappa shape index (κ1) is 15.7. The van der Waals surface area contributed by atoms with Gasteiger partial charge in [0.25, 0.3) is 0 Å². The van der Waals surface area contributed by atoms with Crippen LogP contribution in [0.5, 0.6) is 11.5 Å². The van der Waals surface area contributed by atoms with E-state index in [1.54, 1.807) is 35.2 Å². The summed E-state index contributed by atoms with van der Waals surface area (Å²) in [5.41, 5.74) is 1.57. The van der Waals surface area contributed by atoms with Crippen LogP contribution in [0.2, 0.25) is 0 Å². The molecule has 130 valence electrons.